The molecule has 0 aromatic heterocycles. The third kappa shape index (κ3) is 3.96. The molecule has 0 amide bonds. The summed E-state index contributed by atoms with van der Waals surface area (Å²) in [4.78, 5) is 14.5. The Balaban J connectivity index is 1.85. The lowest BCUT2D eigenvalue weighted by molar-refractivity contribution is -0.148. The molecule has 3 rings (SSSR count). The molecule has 1 aliphatic heterocycles. The molecule has 5 heteroatoms. The van der Waals surface area contributed by atoms with Crippen LogP contribution in [0.15, 0.2) is 48.5 Å². The first-order valence-corrected chi connectivity index (χ1v) is 8.69. The van der Waals surface area contributed by atoms with Crippen LogP contribution in [0.3, 0.4) is 0 Å². The maximum Gasteiger partial charge on any atom is 0.323 e. The van der Waals surface area contributed by atoms with Crippen LogP contribution in [0, 0.1) is 0 Å². The van der Waals surface area contributed by atoms with E-state index in [1.54, 1.807) is 14.2 Å². The van der Waals surface area contributed by atoms with E-state index in [2.05, 4.69) is 29.2 Å². The minimum atomic E-state index is -0.395. The third-order valence-electron chi connectivity index (χ3n) is 4.86. The van der Waals surface area contributed by atoms with Crippen molar-refractivity contribution < 1.29 is 19.0 Å². The van der Waals surface area contributed by atoms with Crippen molar-refractivity contribution in [1.82, 2.24) is 4.90 Å². The molecule has 0 spiro atoms. The Bertz CT molecular complexity index is 757. The largest absolute Gasteiger partial charge is 0.468 e. The second-order valence-corrected chi connectivity index (χ2v) is 6.47. The fourth-order valence-electron chi connectivity index (χ4n) is 3.55. The smallest absolute Gasteiger partial charge is 0.323 e. The summed E-state index contributed by atoms with van der Waals surface area (Å²) in [6, 6.07) is 16.1. The average molecular weight is 355 g/mol. The van der Waals surface area contributed by atoms with Crippen LogP contribution in [-0.4, -0.2) is 38.2 Å². The molecule has 0 unspecified atom stereocenters. The number of carbonyl (C=O) groups is 1. The number of hydrogen-bond acceptors (Lipinski definition) is 5. The van der Waals surface area contributed by atoms with Gasteiger partial charge in [-0.05, 0) is 29.2 Å². The molecule has 26 heavy (non-hydrogen) atoms. The fourth-order valence-corrected chi connectivity index (χ4v) is 3.55. The Morgan fingerprint density at radius 2 is 1.81 bits per heavy atom. The molecular weight excluding hydrogens is 330 g/mol. The van der Waals surface area contributed by atoms with Gasteiger partial charge in [-0.25, -0.2) is 0 Å². The van der Waals surface area contributed by atoms with Crippen molar-refractivity contribution in [1.29, 1.82) is 0 Å². The van der Waals surface area contributed by atoms with Gasteiger partial charge in [0.05, 0.1) is 7.11 Å². The van der Waals surface area contributed by atoms with Gasteiger partial charge in [0.2, 0.25) is 0 Å². The quantitative estimate of drug-likeness (QED) is 0.589. The van der Waals surface area contributed by atoms with Crippen molar-refractivity contribution in [3.63, 3.8) is 0 Å². The van der Waals surface area contributed by atoms with E-state index in [0.717, 1.165) is 17.7 Å². The Morgan fingerprint density at radius 3 is 2.50 bits per heavy atom. The molecule has 1 heterocycles. The summed E-state index contributed by atoms with van der Waals surface area (Å²) in [7, 11) is 4.69. The normalized spacial score (nSPS) is 17.2. The minimum absolute atomic E-state index is 0.192. The zero-order valence-corrected chi connectivity index (χ0v) is 15.5. The van der Waals surface area contributed by atoms with Crippen LogP contribution in [0.4, 0.5) is 0 Å². The maximum absolute atomic E-state index is 12.3. The molecule has 0 aliphatic carbocycles. The van der Waals surface area contributed by atoms with Gasteiger partial charge in [-0.2, -0.15) is 0 Å². The number of benzene rings is 2. The predicted molar refractivity (Wildman–Crippen MR) is 98.4 cm³/mol. The maximum atomic E-state index is 12.3. The highest BCUT2D eigenvalue weighted by Crippen LogP contribution is 2.26. The Morgan fingerprint density at radius 1 is 1.08 bits per heavy atom. The number of methoxy groups -OCH3 is 3. The Labute approximate surface area is 154 Å². The first kappa shape index (κ1) is 18.6. The van der Waals surface area contributed by atoms with Crippen molar-refractivity contribution in [3.05, 3.63) is 70.8 Å². The van der Waals surface area contributed by atoms with Gasteiger partial charge < -0.3 is 14.2 Å². The number of fused-ring (bicyclic) bond motifs is 1. The number of carbonyl (C=O) groups excluding carboxylic acids is 1. The zero-order valence-electron chi connectivity index (χ0n) is 15.5. The molecule has 5 nitrogen and oxygen atoms in total. The van der Waals surface area contributed by atoms with E-state index in [0.29, 0.717) is 13.0 Å². The highest BCUT2D eigenvalue weighted by atomic mass is 16.7. The summed E-state index contributed by atoms with van der Waals surface area (Å²) in [6.45, 7) is 1.38. The van der Waals surface area contributed by atoms with E-state index < -0.39 is 6.29 Å². The predicted octanol–water partition coefficient (Wildman–Crippen LogP) is 3.08. The van der Waals surface area contributed by atoms with Crippen LogP contribution in [0.25, 0.3) is 0 Å². The standard InChI is InChI=1S/C21H25NO4/c1-24-20(23)19-12-16-8-4-5-9-18(16)14-22(19)13-15-7-6-10-17(11-15)21(25-2)26-3/h4-11,19,21H,12-14H2,1-3H3/t19-/m1/s1. The van der Waals surface area contributed by atoms with Crippen LogP contribution >= 0.6 is 0 Å². The van der Waals surface area contributed by atoms with Crippen LogP contribution in [0.1, 0.15) is 28.5 Å². The molecule has 0 N–H and O–H groups in total. The molecule has 2 aromatic rings. The van der Waals surface area contributed by atoms with Gasteiger partial charge in [0.15, 0.2) is 6.29 Å². The lowest BCUT2D eigenvalue weighted by atomic mass is 9.93. The van der Waals surface area contributed by atoms with Crippen molar-refractivity contribution in [3.8, 4) is 0 Å². The van der Waals surface area contributed by atoms with Crippen molar-refractivity contribution in [2.24, 2.45) is 0 Å². The number of hydrogen-bond donors (Lipinski definition) is 0. The van der Waals surface area contributed by atoms with Crippen molar-refractivity contribution in [2.75, 3.05) is 21.3 Å². The van der Waals surface area contributed by atoms with Gasteiger partial charge in [-0.15, -0.1) is 0 Å². The van der Waals surface area contributed by atoms with E-state index in [-0.39, 0.29) is 12.0 Å². The third-order valence-corrected chi connectivity index (χ3v) is 4.86. The molecule has 0 bridgehead atoms. The fraction of sp³-hybridized carbons (Fsp3) is 0.381. The first-order valence-electron chi connectivity index (χ1n) is 8.69. The Hall–Kier alpha value is -2.21. The summed E-state index contributed by atoms with van der Waals surface area (Å²) in [5, 5.41) is 0. The van der Waals surface area contributed by atoms with Gasteiger partial charge in [-0.1, -0.05) is 42.5 Å². The first-order chi connectivity index (χ1) is 12.7. The van der Waals surface area contributed by atoms with Gasteiger partial charge in [0.1, 0.15) is 6.04 Å². The molecule has 2 aromatic carbocycles. The molecule has 0 saturated heterocycles. The van der Waals surface area contributed by atoms with Gasteiger partial charge in [0, 0.05) is 32.9 Å². The Kier molecular flexibility index (Phi) is 6.04. The number of ether oxygens (including phenoxy) is 3. The summed E-state index contributed by atoms with van der Waals surface area (Å²) in [5.74, 6) is -0.192. The molecule has 1 aliphatic rings. The molecule has 1 atom stereocenters. The highest BCUT2D eigenvalue weighted by molar-refractivity contribution is 5.76. The van der Waals surface area contributed by atoms with Crippen molar-refractivity contribution in [2.45, 2.75) is 31.8 Å². The van der Waals surface area contributed by atoms with E-state index in [1.165, 1.54) is 18.2 Å². The number of rotatable bonds is 6. The van der Waals surface area contributed by atoms with E-state index in [4.69, 9.17) is 14.2 Å². The summed E-state index contributed by atoms with van der Waals surface area (Å²) in [6.07, 6.45) is 0.273. The molecule has 138 valence electrons. The van der Waals surface area contributed by atoms with Crippen LogP contribution < -0.4 is 0 Å². The zero-order chi connectivity index (χ0) is 18.5. The monoisotopic (exact) mass is 355 g/mol. The lowest BCUT2D eigenvalue weighted by Gasteiger charge is -2.35. The molecular formula is C21H25NO4. The summed E-state index contributed by atoms with van der Waals surface area (Å²) in [5.41, 5.74) is 4.54. The summed E-state index contributed by atoms with van der Waals surface area (Å²) >= 11 is 0. The van der Waals surface area contributed by atoms with E-state index in [9.17, 15) is 4.79 Å². The van der Waals surface area contributed by atoms with Crippen LogP contribution in [0.5, 0.6) is 0 Å². The molecule has 0 saturated carbocycles. The van der Waals surface area contributed by atoms with Gasteiger partial charge >= 0.3 is 5.97 Å². The number of nitrogens with zero attached hydrogens (tertiary/aromatic N) is 1. The topological polar surface area (TPSA) is 48.0 Å². The van der Waals surface area contributed by atoms with Gasteiger partial charge in [0.25, 0.3) is 0 Å². The SMILES string of the molecule is COC(=O)[C@H]1Cc2ccccc2CN1Cc1cccc(C(OC)OC)c1. The van der Waals surface area contributed by atoms with Crippen LogP contribution in [0.2, 0.25) is 0 Å². The van der Waals surface area contributed by atoms with E-state index in [1.807, 2.05) is 24.3 Å². The molecule has 0 radical (unpaired) electrons. The van der Waals surface area contributed by atoms with E-state index >= 15 is 0 Å². The second kappa shape index (κ2) is 8.45. The molecule has 0 fully saturated rings. The highest BCUT2D eigenvalue weighted by Gasteiger charge is 2.32. The summed E-state index contributed by atoms with van der Waals surface area (Å²) < 4.78 is 15.7. The van der Waals surface area contributed by atoms with Gasteiger partial charge in [-0.3, -0.25) is 9.69 Å². The minimum Gasteiger partial charge on any atom is -0.468 e. The number of esters is 1. The van der Waals surface area contributed by atoms with Crippen molar-refractivity contribution >= 4 is 5.97 Å². The lowest BCUT2D eigenvalue weighted by Crippen LogP contribution is -2.45. The second-order valence-electron chi connectivity index (χ2n) is 6.47. The average Bonchev–Trinajstić information content (AvgIpc) is 2.68. The van der Waals surface area contributed by atoms with Crippen LogP contribution in [-0.2, 0) is 38.5 Å².